The Hall–Kier alpha value is -2.30. The fourth-order valence-corrected chi connectivity index (χ4v) is 2.43. The van der Waals surface area contributed by atoms with Crippen molar-refractivity contribution in [3.63, 3.8) is 0 Å². The summed E-state index contributed by atoms with van der Waals surface area (Å²) in [7, 11) is 0. The van der Waals surface area contributed by atoms with Crippen molar-refractivity contribution in [3.05, 3.63) is 24.3 Å². The van der Waals surface area contributed by atoms with Crippen molar-refractivity contribution >= 4 is 33.7 Å². The van der Waals surface area contributed by atoms with E-state index in [1.54, 1.807) is 0 Å². The van der Waals surface area contributed by atoms with Crippen LogP contribution < -0.4 is 11.5 Å². The minimum absolute atomic E-state index is 0.433. The van der Waals surface area contributed by atoms with Crippen LogP contribution in [0.1, 0.15) is 13.8 Å². The van der Waals surface area contributed by atoms with Crippen molar-refractivity contribution in [2.75, 3.05) is 11.5 Å². The van der Waals surface area contributed by atoms with E-state index in [4.69, 9.17) is 11.5 Å². The smallest absolute Gasteiger partial charge is 0.201 e. The van der Waals surface area contributed by atoms with E-state index in [2.05, 4.69) is 23.8 Å². The van der Waals surface area contributed by atoms with Gasteiger partial charge in [0, 0.05) is 11.9 Å². The molecule has 3 rings (SSSR count). The molecular weight excluding hydrogens is 238 g/mol. The molecule has 0 saturated heterocycles. The predicted octanol–water partition coefficient (Wildman–Crippen LogP) is 2.40. The molecule has 0 atom stereocenters. The summed E-state index contributed by atoms with van der Waals surface area (Å²) in [5, 5.41) is 1.04. The minimum Gasteiger partial charge on any atom is -0.382 e. The molecule has 98 valence electrons. The largest absolute Gasteiger partial charge is 0.382 e. The number of hydrogen-bond donors (Lipinski definition) is 2. The summed E-state index contributed by atoms with van der Waals surface area (Å²) in [6, 6.07) is 7.92. The van der Waals surface area contributed by atoms with Gasteiger partial charge in [-0.15, -0.1) is 0 Å². The number of nitrogens with zero attached hydrogens (tertiary/aromatic N) is 3. The predicted molar refractivity (Wildman–Crippen MR) is 78.7 cm³/mol. The van der Waals surface area contributed by atoms with Crippen LogP contribution in [0.3, 0.4) is 0 Å². The van der Waals surface area contributed by atoms with E-state index in [0.717, 1.165) is 23.0 Å². The van der Waals surface area contributed by atoms with Crippen LogP contribution in [-0.2, 0) is 6.54 Å². The highest BCUT2D eigenvalue weighted by atomic mass is 15.2. The molecule has 0 spiro atoms. The lowest BCUT2D eigenvalue weighted by Gasteiger charge is -2.10. The van der Waals surface area contributed by atoms with Gasteiger partial charge in [-0.25, -0.2) is 9.97 Å². The van der Waals surface area contributed by atoms with Gasteiger partial charge >= 0.3 is 0 Å². The van der Waals surface area contributed by atoms with E-state index in [0.29, 0.717) is 23.2 Å². The first kappa shape index (κ1) is 11.8. The normalized spacial score (nSPS) is 11.7. The summed E-state index contributed by atoms with van der Waals surface area (Å²) in [4.78, 5) is 8.75. The SMILES string of the molecule is CC(C)Cn1c(N)nc2c(N)nc3ccccc3c21. The Balaban J connectivity index is 2.45. The van der Waals surface area contributed by atoms with Crippen molar-refractivity contribution < 1.29 is 0 Å². The molecule has 5 heteroatoms. The zero-order valence-electron chi connectivity index (χ0n) is 11.1. The molecule has 0 fully saturated rings. The first-order valence-electron chi connectivity index (χ1n) is 6.38. The maximum atomic E-state index is 6.03. The van der Waals surface area contributed by atoms with Crippen LogP contribution in [0.2, 0.25) is 0 Å². The maximum Gasteiger partial charge on any atom is 0.201 e. The molecule has 19 heavy (non-hydrogen) atoms. The van der Waals surface area contributed by atoms with E-state index in [1.807, 2.05) is 28.8 Å². The van der Waals surface area contributed by atoms with E-state index in [-0.39, 0.29) is 0 Å². The molecule has 2 aromatic heterocycles. The average Bonchev–Trinajstić information content (AvgIpc) is 2.68. The van der Waals surface area contributed by atoms with Crippen LogP contribution in [0.15, 0.2) is 24.3 Å². The monoisotopic (exact) mass is 255 g/mol. The molecule has 2 heterocycles. The standard InChI is InChI=1S/C14H17N5/c1-8(2)7-19-12-9-5-3-4-6-10(9)17-13(15)11(12)18-14(19)16/h3-6,8H,7H2,1-2H3,(H2,15,17)(H2,16,18). The van der Waals surface area contributed by atoms with Crippen molar-refractivity contribution in [3.8, 4) is 0 Å². The van der Waals surface area contributed by atoms with Crippen molar-refractivity contribution in [2.45, 2.75) is 20.4 Å². The highest BCUT2D eigenvalue weighted by Crippen LogP contribution is 2.29. The molecule has 0 bridgehead atoms. The van der Waals surface area contributed by atoms with Gasteiger partial charge in [0.2, 0.25) is 5.95 Å². The number of anilines is 2. The third-order valence-corrected chi connectivity index (χ3v) is 3.19. The highest BCUT2D eigenvalue weighted by Gasteiger charge is 2.15. The number of rotatable bonds is 2. The van der Waals surface area contributed by atoms with Crippen molar-refractivity contribution in [2.24, 2.45) is 5.92 Å². The molecule has 3 aromatic rings. The maximum absolute atomic E-state index is 6.03. The molecule has 5 nitrogen and oxygen atoms in total. The second kappa shape index (κ2) is 4.12. The summed E-state index contributed by atoms with van der Waals surface area (Å²) in [6.07, 6.45) is 0. The van der Waals surface area contributed by atoms with Crippen LogP contribution in [0.5, 0.6) is 0 Å². The Morgan fingerprint density at radius 3 is 2.63 bits per heavy atom. The number of pyridine rings is 1. The molecule has 0 aliphatic heterocycles. The third-order valence-electron chi connectivity index (χ3n) is 3.19. The van der Waals surface area contributed by atoms with Gasteiger partial charge in [-0.05, 0) is 12.0 Å². The summed E-state index contributed by atoms with van der Waals surface area (Å²) in [6.45, 7) is 5.12. The Morgan fingerprint density at radius 2 is 1.89 bits per heavy atom. The average molecular weight is 255 g/mol. The van der Waals surface area contributed by atoms with Crippen LogP contribution in [-0.4, -0.2) is 14.5 Å². The van der Waals surface area contributed by atoms with E-state index >= 15 is 0 Å². The van der Waals surface area contributed by atoms with Crippen LogP contribution in [0.25, 0.3) is 21.9 Å². The number of fused-ring (bicyclic) bond motifs is 3. The lowest BCUT2D eigenvalue weighted by molar-refractivity contribution is 0.538. The Kier molecular flexibility index (Phi) is 2.55. The van der Waals surface area contributed by atoms with Crippen LogP contribution >= 0.6 is 0 Å². The van der Waals surface area contributed by atoms with Gasteiger partial charge in [-0.3, -0.25) is 0 Å². The molecule has 0 radical (unpaired) electrons. The molecule has 4 N–H and O–H groups in total. The van der Waals surface area contributed by atoms with Gasteiger partial charge in [-0.2, -0.15) is 0 Å². The number of nitrogens with two attached hydrogens (primary N) is 2. The number of imidazole rings is 1. The van der Waals surface area contributed by atoms with Crippen molar-refractivity contribution in [1.29, 1.82) is 0 Å². The number of hydrogen-bond acceptors (Lipinski definition) is 4. The summed E-state index contributed by atoms with van der Waals surface area (Å²) in [5.74, 6) is 1.41. The number of aromatic nitrogens is 3. The zero-order valence-corrected chi connectivity index (χ0v) is 11.1. The third kappa shape index (κ3) is 1.78. The van der Waals surface area contributed by atoms with Gasteiger partial charge in [-0.1, -0.05) is 32.0 Å². The first-order valence-corrected chi connectivity index (χ1v) is 6.38. The highest BCUT2D eigenvalue weighted by molar-refractivity contribution is 6.07. The van der Waals surface area contributed by atoms with Gasteiger partial charge in [0.15, 0.2) is 5.82 Å². The van der Waals surface area contributed by atoms with E-state index in [1.165, 1.54) is 0 Å². The minimum atomic E-state index is 0.433. The lowest BCUT2D eigenvalue weighted by atomic mass is 10.1. The molecule has 0 aliphatic rings. The zero-order chi connectivity index (χ0) is 13.6. The molecule has 0 unspecified atom stereocenters. The Morgan fingerprint density at radius 1 is 1.16 bits per heavy atom. The second-order valence-electron chi connectivity index (χ2n) is 5.19. The molecule has 1 aromatic carbocycles. The fourth-order valence-electron chi connectivity index (χ4n) is 2.43. The van der Waals surface area contributed by atoms with Gasteiger partial charge in [0.05, 0.1) is 11.0 Å². The van der Waals surface area contributed by atoms with Gasteiger partial charge in [0.25, 0.3) is 0 Å². The molecule has 0 amide bonds. The molecule has 0 saturated carbocycles. The quantitative estimate of drug-likeness (QED) is 0.736. The Bertz CT molecular complexity index is 757. The lowest BCUT2D eigenvalue weighted by Crippen LogP contribution is -2.08. The summed E-state index contributed by atoms with van der Waals surface area (Å²) < 4.78 is 2.03. The Labute approximate surface area is 111 Å². The van der Waals surface area contributed by atoms with Gasteiger partial charge < -0.3 is 16.0 Å². The van der Waals surface area contributed by atoms with E-state index in [9.17, 15) is 0 Å². The topological polar surface area (TPSA) is 82.8 Å². The number of benzene rings is 1. The molecular formula is C14H17N5. The van der Waals surface area contributed by atoms with Crippen LogP contribution in [0.4, 0.5) is 11.8 Å². The van der Waals surface area contributed by atoms with Crippen LogP contribution in [0, 0.1) is 5.92 Å². The number of nitrogen functional groups attached to an aromatic ring is 2. The fraction of sp³-hybridized carbons (Fsp3) is 0.286. The second-order valence-corrected chi connectivity index (χ2v) is 5.19. The summed E-state index contributed by atoms with van der Waals surface area (Å²) >= 11 is 0. The first-order chi connectivity index (χ1) is 9.08. The van der Waals surface area contributed by atoms with Gasteiger partial charge in [0.1, 0.15) is 5.52 Å². The summed E-state index contributed by atoms with van der Waals surface area (Å²) in [5.41, 5.74) is 14.6. The number of para-hydroxylation sites is 1. The van der Waals surface area contributed by atoms with E-state index < -0.39 is 0 Å². The molecule has 0 aliphatic carbocycles. The van der Waals surface area contributed by atoms with Crippen molar-refractivity contribution in [1.82, 2.24) is 14.5 Å².